The molecule has 2 N–H and O–H groups in total. The summed E-state index contributed by atoms with van der Waals surface area (Å²) in [4.78, 5) is 25.0. The molecule has 1 heterocycles. The van der Waals surface area contributed by atoms with Crippen molar-refractivity contribution in [1.29, 1.82) is 0 Å². The highest BCUT2D eigenvalue weighted by atomic mass is 16.5. The first kappa shape index (κ1) is 19.5. The van der Waals surface area contributed by atoms with Crippen molar-refractivity contribution in [1.82, 2.24) is 0 Å². The second-order valence-corrected chi connectivity index (χ2v) is 7.07. The molecule has 1 unspecified atom stereocenters. The maximum Gasteiger partial charge on any atom is 0.255 e. The van der Waals surface area contributed by atoms with Crippen LogP contribution in [0.15, 0.2) is 72.8 Å². The van der Waals surface area contributed by atoms with Gasteiger partial charge in [-0.1, -0.05) is 18.2 Å². The van der Waals surface area contributed by atoms with Crippen LogP contribution in [0.1, 0.15) is 15.9 Å². The van der Waals surface area contributed by atoms with Gasteiger partial charge < -0.3 is 20.1 Å². The van der Waals surface area contributed by atoms with Crippen LogP contribution in [0, 0.1) is 5.92 Å². The van der Waals surface area contributed by atoms with E-state index in [4.69, 9.17) is 9.47 Å². The number of methoxy groups -OCH3 is 1. The Bertz CT molecular complexity index is 1050. The topological polar surface area (TPSA) is 76.7 Å². The van der Waals surface area contributed by atoms with Gasteiger partial charge in [-0.3, -0.25) is 9.59 Å². The number of carbonyl (C=O) groups is 2. The number of rotatable bonds is 5. The lowest BCUT2D eigenvalue weighted by molar-refractivity contribution is -0.121. The lowest BCUT2D eigenvalue weighted by Gasteiger charge is -2.24. The highest BCUT2D eigenvalue weighted by Gasteiger charge is 2.25. The highest BCUT2D eigenvalue weighted by molar-refractivity contribution is 6.04. The molecule has 0 aromatic heterocycles. The zero-order chi connectivity index (χ0) is 20.9. The molecule has 3 aromatic rings. The summed E-state index contributed by atoms with van der Waals surface area (Å²) in [6.07, 6.45) is 0.643. The molecule has 30 heavy (non-hydrogen) atoms. The van der Waals surface area contributed by atoms with Gasteiger partial charge >= 0.3 is 0 Å². The molecule has 0 bridgehead atoms. The summed E-state index contributed by atoms with van der Waals surface area (Å²) in [5, 5.41) is 5.74. The molecule has 6 nitrogen and oxygen atoms in total. The summed E-state index contributed by atoms with van der Waals surface area (Å²) in [5.41, 5.74) is 2.85. The Kier molecular flexibility index (Phi) is 5.66. The number of amides is 2. The minimum absolute atomic E-state index is 0.0973. The minimum atomic E-state index is -0.252. The second-order valence-electron chi connectivity index (χ2n) is 7.07. The normalized spacial score (nSPS) is 14.8. The standard InChI is InChI=1S/C24H22N2O4/c1-29-21-12-10-20(11-13-21)25-23(27)16-6-8-19(9-7-16)26-24(28)18-14-17-4-2-3-5-22(17)30-15-18/h2-13,18H,14-15H2,1H3,(H,25,27)(H,26,28). The van der Waals surface area contributed by atoms with Crippen LogP contribution >= 0.6 is 0 Å². The summed E-state index contributed by atoms with van der Waals surface area (Å²) in [6.45, 7) is 0.352. The van der Waals surface area contributed by atoms with E-state index in [1.54, 1.807) is 55.6 Å². The fourth-order valence-electron chi connectivity index (χ4n) is 3.32. The molecule has 2 amide bonds. The van der Waals surface area contributed by atoms with Crippen LogP contribution < -0.4 is 20.1 Å². The van der Waals surface area contributed by atoms with E-state index in [2.05, 4.69) is 10.6 Å². The maximum absolute atomic E-state index is 12.6. The van der Waals surface area contributed by atoms with Crippen molar-refractivity contribution in [3.05, 3.63) is 83.9 Å². The predicted octanol–water partition coefficient (Wildman–Crippen LogP) is 4.14. The zero-order valence-electron chi connectivity index (χ0n) is 16.6. The van der Waals surface area contributed by atoms with Gasteiger partial charge in [0.1, 0.15) is 18.1 Å². The van der Waals surface area contributed by atoms with E-state index < -0.39 is 0 Å². The molecule has 6 heteroatoms. The average Bonchev–Trinajstić information content (AvgIpc) is 2.79. The molecule has 4 rings (SSSR count). The molecule has 0 radical (unpaired) electrons. The summed E-state index contributed by atoms with van der Waals surface area (Å²) in [5.74, 6) is 0.988. The molecule has 1 aliphatic rings. The Morgan fingerprint density at radius 2 is 1.57 bits per heavy atom. The third-order valence-electron chi connectivity index (χ3n) is 5.01. The minimum Gasteiger partial charge on any atom is -0.497 e. The van der Waals surface area contributed by atoms with Crippen LogP contribution in [-0.2, 0) is 11.2 Å². The van der Waals surface area contributed by atoms with E-state index >= 15 is 0 Å². The van der Waals surface area contributed by atoms with Crippen LogP contribution in [0.2, 0.25) is 0 Å². The van der Waals surface area contributed by atoms with Crippen molar-refractivity contribution >= 4 is 23.2 Å². The van der Waals surface area contributed by atoms with Gasteiger partial charge in [0, 0.05) is 16.9 Å². The second kappa shape index (κ2) is 8.69. The van der Waals surface area contributed by atoms with Crippen LogP contribution in [0.3, 0.4) is 0 Å². The number of fused-ring (bicyclic) bond motifs is 1. The lowest BCUT2D eigenvalue weighted by atomic mass is 9.96. The van der Waals surface area contributed by atoms with Crippen molar-refractivity contribution in [2.75, 3.05) is 24.4 Å². The van der Waals surface area contributed by atoms with Gasteiger partial charge in [0.25, 0.3) is 5.91 Å². The van der Waals surface area contributed by atoms with Gasteiger partial charge in [0.2, 0.25) is 5.91 Å². The molecule has 3 aromatic carbocycles. The largest absolute Gasteiger partial charge is 0.497 e. The molecular weight excluding hydrogens is 380 g/mol. The Morgan fingerprint density at radius 3 is 2.30 bits per heavy atom. The zero-order valence-corrected chi connectivity index (χ0v) is 16.6. The van der Waals surface area contributed by atoms with Crippen molar-refractivity contribution in [2.45, 2.75) is 6.42 Å². The van der Waals surface area contributed by atoms with Crippen molar-refractivity contribution < 1.29 is 19.1 Å². The van der Waals surface area contributed by atoms with Crippen LogP contribution in [-0.4, -0.2) is 25.5 Å². The molecule has 0 spiro atoms. The molecule has 0 saturated carbocycles. The van der Waals surface area contributed by atoms with Crippen LogP contribution in [0.5, 0.6) is 11.5 Å². The SMILES string of the molecule is COc1ccc(NC(=O)c2ccc(NC(=O)C3COc4ccccc4C3)cc2)cc1. The number of anilines is 2. The third kappa shape index (κ3) is 4.43. The van der Waals surface area contributed by atoms with Gasteiger partial charge in [-0.2, -0.15) is 0 Å². The van der Waals surface area contributed by atoms with Crippen molar-refractivity contribution in [3.63, 3.8) is 0 Å². The molecule has 152 valence electrons. The fraction of sp³-hybridized carbons (Fsp3) is 0.167. The Morgan fingerprint density at radius 1 is 0.900 bits per heavy atom. The Labute approximate surface area is 174 Å². The smallest absolute Gasteiger partial charge is 0.255 e. The summed E-state index contributed by atoms with van der Waals surface area (Å²) in [7, 11) is 1.59. The molecule has 0 fully saturated rings. The first-order valence-corrected chi connectivity index (χ1v) is 9.69. The van der Waals surface area contributed by atoms with E-state index in [-0.39, 0.29) is 17.7 Å². The average molecular weight is 402 g/mol. The monoisotopic (exact) mass is 402 g/mol. The van der Waals surface area contributed by atoms with E-state index in [9.17, 15) is 9.59 Å². The number of hydrogen-bond acceptors (Lipinski definition) is 4. The van der Waals surface area contributed by atoms with Gasteiger partial charge in [-0.15, -0.1) is 0 Å². The van der Waals surface area contributed by atoms with E-state index in [0.29, 0.717) is 30.0 Å². The fourth-order valence-corrected chi connectivity index (χ4v) is 3.32. The number of para-hydroxylation sites is 1. The van der Waals surface area contributed by atoms with Gasteiger partial charge in [-0.05, 0) is 66.6 Å². The van der Waals surface area contributed by atoms with Gasteiger partial charge in [0.15, 0.2) is 0 Å². The number of nitrogens with one attached hydrogen (secondary N) is 2. The van der Waals surface area contributed by atoms with E-state index in [1.807, 2.05) is 24.3 Å². The number of benzene rings is 3. The third-order valence-corrected chi connectivity index (χ3v) is 5.01. The summed E-state index contributed by atoms with van der Waals surface area (Å²) in [6, 6.07) is 21.7. The first-order chi connectivity index (χ1) is 14.6. The molecule has 0 aliphatic carbocycles. The van der Waals surface area contributed by atoms with E-state index in [1.165, 1.54) is 0 Å². The number of ether oxygens (including phenoxy) is 2. The summed E-state index contributed by atoms with van der Waals surface area (Å²) >= 11 is 0. The Hall–Kier alpha value is -3.80. The molecule has 1 atom stereocenters. The summed E-state index contributed by atoms with van der Waals surface area (Å²) < 4.78 is 10.8. The van der Waals surface area contributed by atoms with Crippen molar-refractivity contribution in [2.24, 2.45) is 5.92 Å². The lowest BCUT2D eigenvalue weighted by Crippen LogP contribution is -2.32. The van der Waals surface area contributed by atoms with Gasteiger partial charge in [0.05, 0.1) is 13.0 Å². The quantitative estimate of drug-likeness (QED) is 0.673. The molecular formula is C24H22N2O4. The first-order valence-electron chi connectivity index (χ1n) is 9.69. The maximum atomic E-state index is 12.6. The molecule has 1 aliphatic heterocycles. The van der Waals surface area contributed by atoms with E-state index in [0.717, 1.165) is 17.1 Å². The number of carbonyl (C=O) groups excluding carboxylic acids is 2. The number of hydrogen-bond donors (Lipinski definition) is 2. The molecule has 0 saturated heterocycles. The van der Waals surface area contributed by atoms with Crippen LogP contribution in [0.4, 0.5) is 11.4 Å². The van der Waals surface area contributed by atoms with Crippen LogP contribution in [0.25, 0.3) is 0 Å². The highest BCUT2D eigenvalue weighted by Crippen LogP contribution is 2.27. The Balaban J connectivity index is 1.35. The predicted molar refractivity (Wildman–Crippen MR) is 115 cm³/mol. The van der Waals surface area contributed by atoms with Crippen molar-refractivity contribution in [3.8, 4) is 11.5 Å². The van der Waals surface area contributed by atoms with Gasteiger partial charge in [-0.25, -0.2) is 0 Å².